The van der Waals surface area contributed by atoms with Gasteiger partial charge >= 0.3 is 0 Å². The molecule has 0 unspecified atom stereocenters. The number of nitrogens with zero attached hydrogens (tertiary/aromatic N) is 1. The Morgan fingerprint density at radius 3 is 2.80 bits per heavy atom. The first-order chi connectivity index (χ1) is 9.58. The summed E-state index contributed by atoms with van der Waals surface area (Å²) in [5.41, 5.74) is 2.06. The highest BCUT2D eigenvalue weighted by molar-refractivity contribution is 9.10. The van der Waals surface area contributed by atoms with E-state index >= 15 is 0 Å². The van der Waals surface area contributed by atoms with E-state index in [9.17, 15) is 0 Å². The molecule has 0 saturated carbocycles. The minimum Gasteiger partial charge on any atom is -0.437 e. The molecule has 3 nitrogen and oxygen atoms in total. The molecule has 0 spiro atoms. The molecule has 0 radical (unpaired) electrons. The Morgan fingerprint density at radius 1 is 1.30 bits per heavy atom. The van der Waals surface area contributed by atoms with Gasteiger partial charge in [-0.2, -0.15) is 0 Å². The van der Waals surface area contributed by atoms with E-state index in [0.29, 0.717) is 16.7 Å². The maximum Gasteiger partial charge on any atom is 0.219 e. The molecule has 0 amide bonds. The quantitative estimate of drug-likeness (QED) is 0.843. The molecular formula is C15H16BrClN2O. The molecule has 20 heavy (non-hydrogen) atoms. The van der Waals surface area contributed by atoms with Crippen molar-refractivity contribution in [2.75, 3.05) is 6.54 Å². The second-order valence-electron chi connectivity index (χ2n) is 4.41. The van der Waals surface area contributed by atoms with Crippen molar-refractivity contribution in [2.45, 2.75) is 20.4 Å². The van der Waals surface area contributed by atoms with E-state index < -0.39 is 0 Å². The second-order valence-corrected chi connectivity index (χ2v) is 5.74. The van der Waals surface area contributed by atoms with Crippen LogP contribution in [0, 0.1) is 6.92 Å². The molecule has 0 saturated heterocycles. The van der Waals surface area contributed by atoms with Crippen LogP contribution < -0.4 is 10.1 Å². The fourth-order valence-electron chi connectivity index (χ4n) is 1.80. The highest BCUT2D eigenvalue weighted by Gasteiger charge is 2.06. The lowest BCUT2D eigenvalue weighted by atomic mass is 10.2. The van der Waals surface area contributed by atoms with E-state index in [1.54, 1.807) is 6.07 Å². The van der Waals surface area contributed by atoms with Crippen LogP contribution in [0.2, 0.25) is 5.02 Å². The van der Waals surface area contributed by atoms with Crippen molar-refractivity contribution in [1.82, 2.24) is 10.3 Å². The predicted octanol–water partition coefficient (Wildman–Crippen LogP) is 4.71. The summed E-state index contributed by atoms with van der Waals surface area (Å²) in [6.07, 6.45) is 0. The van der Waals surface area contributed by atoms with Crippen LogP contribution >= 0.6 is 27.5 Å². The fraction of sp³-hybridized carbons (Fsp3) is 0.267. The van der Waals surface area contributed by atoms with Gasteiger partial charge in [-0.05, 0) is 43.3 Å². The number of benzene rings is 1. The summed E-state index contributed by atoms with van der Waals surface area (Å²) in [4.78, 5) is 4.38. The van der Waals surface area contributed by atoms with Gasteiger partial charge in [0.25, 0.3) is 0 Å². The van der Waals surface area contributed by atoms with Gasteiger partial charge in [-0.3, -0.25) is 0 Å². The third-order valence-corrected chi connectivity index (χ3v) is 3.47. The summed E-state index contributed by atoms with van der Waals surface area (Å²) >= 11 is 9.52. The fourth-order valence-corrected chi connectivity index (χ4v) is 2.51. The van der Waals surface area contributed by atoms with Crippen LogP contribution in [0.15, 0.2) is 34.8 Å². The van der Waals surface area contributed by atoms with Crippen molar-refractivity contribution >= 4 is 27.5 Å². The average Bonchev–Trinajstić information content (AvgIpc) is 2.39. The molecule has 0 aliphatic rings. The van der Waals surface area contributed by atoms with E-state index in [-0.39, 0.29) is 0 Å². The standard InChI is InChI=1S/C15H16BrClN2O/c1-3-18-9-11-6-10(2)19-15(7-11)20-14-5-4-12(16)8-13(14)17/h4-8,18H,3,9H2,1-2H3. The molecule has 0 bridgehead atoms. The number of nitrogens with one attached hydrogen (secondary N) is 1. The molecular weight excluding hydrogens is 340 g/mol. The summed E-state index contributed by atoms with van der Waals surface area (Å²) in [5.74, 6) is 1.16. The SMILES string of the molecule is CCNCc1cc(C)nc(Oc2ccc(Br)cc2Cl)c1. The van der Waals surface area contributed by atoms with Gasteiger partial charge in [0.15, 0.2) is 0 Å². The third kappa shape index (κ3) is 4.20. The monoisotopic (exact) mass is 354 g/mol. The Balaban J connectivity index is 2.21. The van der Waals surface area contributed by atoms with Gasteiger partial charge in [0, 0.05) is 22.8 Å². The Hall–Kier alpha value is -1.10. The maximum absolute atomic E-state index is 6.15. The zero-order chi connectivity index (χ0) is 14.5. The number of ether oxygens (including phenoxy) is 1. The molecule has 0 aliphatic heterocycles. The topological polar surface area (TPSA) is 34.2 Å². The first-order valence-electron chi connectivity index (χ1n) is 6.39. The Kier molecular flexibility index (Phi) is 5.40. The summed E-state index contributed by atoms with van der Waals surface area (Å²) in [7, 11) is 0. The molecule has 1 heterocycles. The molecule has 1 aromatic heterocycles. The number of aromatic nitrogens is 1. The van der Waals surface area contributed by atoms with Crippen molar-refractivity contribution in [2.24, 2.45) is 0 Å². The van der Waals surface area contributed by atoms with Crippen LogP contribution in [0.25, 0.3) is 0 Å². The van der Waals surface area contributed by atoms with E-state index in [0.717, 1.165) is 28.8 Å². The molecule has 106 valence electrons. The zero-order valence-corrected chi connectivity index (χ0v) is 13.8. The van der Waals surface area contributed by atoms with Gasteiger partial charge < -0.3 is 10.1 Å². The van der Waals surface area contributed by atoms with Crippen molar-refractivity contribution in [3.05, 3.63) is 51.1 Å². The Morgan fingerprint density at radius 2 is 2.10 bits per heavy atom. The molecule has 5 heteroatoms. The molecule has 2 rings (SSSR count). The zero-order valence-electron chi connectivity index (χ0n) is 11.4. The van der Waals surface area contributed by atoms with E-state index in [2.05, 4.69) is 33.2 Å². The van der Waals surface area contributed by atoms with Crippen molar-refractivity contribution in [1.29, 1.82) is 0 Å². The van der Waals surface area contributed by atoms with Gasteiger partial charge in [0.05, 0.1) is 5.02 Å². The number of pyridine rings is 1. The molecule has 1 N–H and O–H groups in total. The van der Waals surface area contributed by atoms with Gasteiger partial charge in [0.1, 0.15) is 5.75 Å². The van der Waals surface area contributed by atoms with Crippen molar-refractivity contribution < 1.29 is 4.74 Å². The first kappa shape index (κ1) is 15.3. The second kappa shape index (κ2) is 7.07. The van der Waals surface area contributed by atoms with Crippen LogP contribution in [0.1, 0.15) is 18.2 Å². The molecule has 1 aromatic carbocycles. The molecule has 0 atom stereocenters. The van der Waals surface area contributed by atoms with Crippen LogP contribution in [-0.4, -0.2) is 11.5 Å². The van der Waals surface area contributed by atoms with Crippen LogP contribution in [0.3, 0.4) is 0 Å². The van der Waals surface area contributed by atoms with E-state index in [1.165, 1.54) is 0 Å². The highest BCUT2D eigenvalue weighted by atomic mass is 79.9. The Labute approximate surface area is 132 Å². The minimum absolute atomic E-state index is 0.552. The number of aryl methyl sites for hydroxylation is 1. The van der Waals surface area contributed by atoms with E-state index in [1.807, 2.05) is 31.2 Å². The number of hydrogen-bond donors (Lipinski definition) is 1. The lowest BCUT2D eigenvalue weighted by Crippen LogP contribution is -2.12. The number of halogens is 2. The smallest absolute Gasteiger partial charge is 0.219 e. The third-order valence-electron chi connectivity index (χ3n) is 2.68. The number of rotatable bonds is 5. The van der Waals surface area contributed by atoms with Gasteiger partial charge in [0.2, 0.25) is 5.88 Å². The average molecular weight is 356 g/mol. The van der Waals surface area contributed by atoms with Gasteiger partial charge in [-0.25, -0.2) is 4.98 Å². The summed E-state index contributed by atoms with van der Waals surface area (Å²) in [6, 6.07) is 9.47. The summed E-state index contributed by atoms with van der Waals surface area (Å²) in [6.45, 7) is 5.75. The predicted molar refractivity (Wildman–Crippen MR) is 85.6 cm³/mol. The van der Waals surface area contributed by atoms with Crippen LogP contribution in [-0.2, 0) is 6.54 Å². The molecule has 2 aromatic rings. The van der Waals surface area contributed by atoms with Crippen LogP contribution in [0.4, 0.5) is 0 Å². The largest absolute Gasteiger partial charge is 0.437 e. The lowest BCUT2D eigenvalue weighted by molar-refractivity contribution is 0.460. The molecule has 0 aliphatic carbocycles. The van der Waals surface area contributed by atoms with Gasteiger partial charge in [-0.15, -0.1) is 0 Å². The normalized spacial score (nSPS) is 10.6. The Bertz CT molecular complexity index is 604. The minimum atomic E-state index is 0.552. The summed E-state index contributed by atoms with van der Waals surface area (Å²) < 4.78 is 6.69. The molecule has 0 fully saturated rings. The lowest BCUT2D eigenvalue weighted by Gasteiger charge is -2.10. The number of hydrogen-bond acceptors (Lipinski definition) is 3. The van der Waals surface area contributed by atoms with E-state index in [4.69, 9.17) is 16.3 Å². The highest BCUT2D eigenvalue weighted by Crippen LogP contribution is 2.31. The summed E-state index contributed by atoms with van der Waals surface area (Å²) in [5, 5.41) is 3.84. The first-order valence-corrected chi connectivity index (χ1v) is 7.56. The van der Waals surface area contributed by atoms with Crippen LogP contribution in [0.5, 0.6) is 11.6 Å². The van der Waals surface area contributed by atoms with Crippen molar-refractivity contribution in [3.8, 4) is 11.6 Å². The van der Waals surface area contributed by atoms with Crippen molar-refractivity contribution in [3.63, 3.8) is 0 Å². The maximum atomic E-state index is 6.15. The van der Waals surface area contributed by atoms with Gasteiger partial charge in [-0.1, -0.05) is 34.5 Å².